The fraction of sp³-hybridized carbons (Fsp3) is 0.760. The van der Waals surface area contributed by atoms with Crippen LogP contribution in [-0.2, 0) is 36.9 Å². The number of aryl methyl sites for hydroxylation is 1. The zero-order valence-corrected chi connectivity index (χ0v) is 27.3. The molecule has 0 spiro atoms. The molecule has 0 aromatic carbocycles. The first-order valence-corrected chi connectivity index (χ1v) is 16.9. The third-order valence-corrected chi connectivity index (χ3v) is 9.53. The lowest BCUT2D eigenvalue weighted by Crippen LogP contribution is -2.43. The molecule has 1 aliphatic heterocycles. The Morgan fingerprint density at radius 2 is 1.98 bits per heavy atom. The van der Waals surface area contributed by atoms with E-state index in [1.807, 2.05) is 25.1 Å². The number of amides is 1. The number of rotatable bonds is 19. The molecule has 0 bridgehead atoms. The van der Waals surface area contributed by atoms with Crippen LogP contribution < -0.4 is 22.1 Å². The maximum atomic E-state index is 13.4. The van der Waals surface area contributed by atoms with Crippen LogP contribution in [0, 0.1) is 24.2 Å². The number of likely N-dealkylation sites (N-methyl/N-ethyl adjacent to an activating group) is 1. The number of H-pyrrole nitrogens is 1. The molecule has 1 aromatic rings. The third-order valence-electron chi connectivity index (χ3n) is 6.32. The summed E-state index contributed by atoms with van der Waals surface area (Å²) in [5.41, 5.74) is 5.04. The molecule has 2 rings (SSSR count). The quantitative estimate of drug-likeness (QED) is 0.142. The highest BCUT2D eigenvalue weighted by atomic mass is 31.2. The van der Waals surface area contributed by atoms with Crippen LogP contribution in [0.4, 0.5) is 0 Å². The van der Waals surface area contributed by atoms with E-state index in [4.69, 9.17) is 38.3 Å². The molecule has 18 heteroatoms. The SMILES string of the molecule is CCOP(=O)(C[C@H](C)[C@H]1O[C@@H](n2cc(C)c(=O)[nH]c2=O)[C@H](OCC(=O)NCCN(C)C)[C@@H]1OP(N)OCCC#N)OCC. The van der Waals surface area contributed by atoms with Crippen molar-refractivity contribution in [3.8, 4) is 6.07 Å². The molecule has 0 radical (unpaired) electrons. The first-order chi connectivity index (χ1) is 20.3. The van der Waals surface area contributed by atoms with Crippen molar-refractivity contribution >= 4 is 22.0 Å². The van der Waals surface area contributed by atoms with Gasteiger partial charge in [0.05, 0.1) is 44.6 Å². The Hall–Kier alpha value is -2.02. The van der Waals surface area contributed by atoms with Crippen molar-refractivity contribution < 1.29 is 36.9 Å². The average molecular weight is 651 g/mol. The molecule has 1 fully saturated rings. The zero-order chi connectivity index (χ0) is 32.2. The first kappa shape index (κ1) is 37.2. The van der Waals surface area contributed by atoms with E-state index >= 15 is 0 Å². The average Bonchev–Trinajstić information content (AvgIpc) is 3.27. The van der Waals surface area contributed by atoms with Crippen LogP contribution in [0.25, 0.3) is 0 Å². The zero-order valence-electron chi connectivity index (χ0n) is 25.5. The normalized spacial score (nSPS) is 21.9. The van der Waals surface area contributed by atoms with E-state index in [0.29, 0.717) is 13.1 Å². The van der Waals surface area contributed by atoms with Crippen LogP contribution in [-0.4, -0.2) is 98.4 Å². The lowest BCUT2D eigenvalue weighted by Gasteiger charge is -2.30. The van der Waals surface area contributed by atoms with Crippen molar-refractivity contribution in [2.75, 3.05) is 59.8 Å². The van der Waals surface area contributed by atoms with Gasteiger partial charge in [0, 0.05) is 24.8 Å². The van der Waals surface area contributed by atoms with Crippen LogP contribution in [0.2, 0.25) is 0 Å². The summed E-state index contributed by atoms with van der Waals surface area (Å²) in [5, 5.41) is 11.6. The minimum Gasteiger partial charge on any atom is -0.361 e. The molecular formula is C25H44N6O10P2. The lowest BCUT2D eigenvalue weighted by molar-refractivity contribution is -0.132. The van der Waals surface area contributed by atoms with Gasteiger partial charge in [-0.25, -0.2) is 4.79 Å². The van der Waals surface area contributed by atoms with Crippen molar-refractivity contribution in [3.63, 3.8) is 0 Å². The van der Waals surface area contributed by atoms with E-state index in [1.54, 1.807) is 20.8 Å². The molecule has 4 N–H and O–H groups in total. The Kier molecular flexibility index (Phi) is 15.6. The molecule has 1 aromatic heterocycles. The molecule has 0 saturated carbocycles. The van der Waals surface area contributed by atoms with E-state index in [0.717, 1.165) is 4.57 Å². The van der Waals surface area contributed by atoms with Crippen LogP contribution in [0.15, 0.2) is 15.8 Å². The molecule has 1 saturated heterocycles. The van der Waals surface area contributed by atoms with Gasteiger partial charge in [0.1, 0.15) is 18.8 Å². The lowest BCUT2D eigenvalue weighted by atomic mass is 10.00. The Bertz CT molecular complexity index is 1230. The highest BCUT2D eigenvalue weighted by molar-refractivity contribution is 7.53. The second-order valence-electron chi connectivity index (χ2n) is 10.1. The highest BCUT2D eigenvalue weighted by Crippen LogP contribution is 2.52. The molecule has 244 valence electrons. The minimum atomic E-state index is -3.55. The Labute approximate surface area is 252 Å². The molecule has 43 heavy (non-hydrogen) atoms. The molecule has 6 atom stereocenters. The molecule has 2 heterocycles. The number of ether oxygens (including phenoxy) is 2. The topological polar surface area (TPSA) is 209 Å². The molecule has 1 unspecified atom stereocenters. The van der Waals surface area contributed by atoms with E-state index in [-0.39, 0.29) is 38.0 Å². The van der Waals surface area contributed by atoms with Crippen LogP contribution in [0.5, 0.6) is 0 Å². The van der Waals surface area contributed by atoms with Crippen molar-refractivity contribution in [1.29, 1.82) is 5.26 Å². The molecule has 16 nitrogen and oxygen atoms in total. The summed E-state index contributed by atoms with van der Waals surface area (Å²) in [7, 11) is -1.88. The van der Waals surface area contributed by atoms with Crippen LogP contribution in [0.3, 0.4) is 0 Å². The molecular weight excluding hydrogens is 606 g/mol. The van der Waals surface area contributed by atoms with Gasteiger partial charge in [0.25, 0.3) is 14.1 Å². The van der Waals surface area contributed by atoms with Gasteiger partial charge in [-0.2, -0.15) is 5.26 Å². The summed E-state index contributed by atoms with van der Waals surface area (Å²) in [6.45, 7) is 7.55. The Morgan fingerprint density at radius 3 is 2.58 bits per heavy atom. The second-order valence-corrected chi connectivity index (χ2v) is 13.2. The summed E-state index contributed by atoms with van der Waals surface area (Å²) in [6.07, 6.45) is -2.91. The number of aromatic amines is 1. The number of carbonyl (C=O) groups excluding carboxylic acids is 1. The summed E-state index contributed by atoms with van der Waals surface area (Å²) in [5.74, 6) is -0.987. The minimum absolute atomic E-state index is 0.0121. The predicted molar refractivity (Wildman–Crippen MR) is 158 cm³/mol. The van der Waals surface area contributed by atoms with E-state index in [1.165, 1.54) is 13.1 Å². The number of hydrogen-bond donors (Lipinski definition) is 3. The van der Waals surface area contributed by atoms with Crippen molar-refractivity contribution in [2.45, 2.75) is 58.7 Å². The summed E-state index contributed by atoms with van der Waals surface area (Å²) in [4.78, 5) is 41.8. The van der Waals surface area contributed by atoms with Crippen molar-refractivity contribution in [2.24, 2.45) is 11.4 Å². The standard InChI is InChI=1S/C25H44N6O10P2/c1-7-38-43(35,39-8-2)16-18(4)20-21(41-42(27)37-13-9-10-26)22(36-15-19(32)28-11-12-30(5)6)24(40-20)31-14-17(3)23(33)29-25(31)34/h14,18,20-22,24H,7-9,11-13,15-16,27H2,1-6H3,(H,28,32)(H,29,33,34)/t18-,20+,21+,22+,24+,42?/m0/s1. The third kappa shape index (κ3) is 11.4. The predicted octanol–water partition coefficient (Wildman–Crippen LogP) is 1.21. The van der Waals surface area contributed by atoms with E-state index in [2.05, 4.69) is 10.3 Å². The van der Waals surface area contributed by atoms with Gasteiger partial charge in [-0.15, -0.1) is 0 Å². The fourth-order valence-corrected chi connectivity index (χ4v) is 7.18. The summed E-state index contributed by atoms with van der Waals surface area (Å²) < 4.78 is 49.5. The molecule has 1 aliphatic rings. The number of nitrogens with two attached hydrogens (primary N) is 1. The maximum Gasteiger partial charge on any atom is 0.331 e. The van der Waals surface area contributed by atoms with E-state index < -0.39 is 70.3 Å². The van der Waals surface area contributed by atoms with Crippen LogP contribution >= 0.6 is 16.1 Å². The summed E-state index contributed by atoms with van der Waals surface area (Å²) in [6, 6.07) is 1.95. The van der Waals surface area contributed by atoms with Gasteiger partial charge in [-0.3, -0.25) is 29.2 Å². The molecule has 1 amide bonds. The molecule has 0 aliphatic carbocycles. The van der Waals surface area contributed by atoms with Gasteiger partial charge < -0.3 is 37.8 Å². The number of nitrogens with one attached hydrogen (secondary N) is 2. The number of nitrogens with zero attached hydrogens (tertiary/aromatic N) is 3. The second kappa shape index (κ2) is 18.1. The fourth-order valence-electron chi connectivity index (χ4n) is 4.39. The Morgan fingerprint density at radius 1 is 1.30 bits per heavy atom. The number of carbonyl (C=O) groups is 1. The number of hydrogen-bond acceptors (Lipinski definition) is 13. The largest absolute Gasteiger partial charge is 0.361 e. The number of aromatic nitrogens is 2. The monoisotopic (exact) mass is 650 g/mol. The van der Waals surface area contributed by atoms with Crippen molar-refractivity contribution in [3.05, 3.63) is 32.6 Å². The van der Waals surface area contributed by atoms with E-state index in [9.17, 15) is 18.9 Å². The first-order valence-electron chi connectivity index (χ1n) is 14.0. The van der Waals surface area contributed by atoms with Gasteiger partial charge >= 0.3 is 13.3 Å². The Balaban J connectivity index is 2.48. The van der Waals surface area contributed by atoms with Gasteiger partial charge in [-0.1, -0.05) is 6.92 Å². The van der Waals surface area contributed by atoms with Gasteiger partial charge in [-0.05, 0) is 40.8 Å². The smallest absolute Gasteiger partial charge is 0.331 e. The van der Waals surface area contributed by atoms with Gasteiger partial charge in [0.15, 0.2) is 6.23 Å². The number of nitriles is 1. The summed E-state index contributed by atoms with van der Waals surface area (Å²) >= 11 is 0. The van der Waals surface area contributed by atoms with Gasteiger partial charge in [0.2, 0.25) is 5.91 Å². The maximum absolute atomic E-state index is 13.4. The highest BCUT2D eigenvalue weighted by Gasteiger charge is 2.52. The van der Waals surface area contributed by atoms with Crippen molar-refractivity contribution in [1.82, 2.24) is 19.8 Å². The van der Waals surface area contributed by atoms with Crippen LogP contribution in [0.1, 0.15) is 39.0 Å².